The van der Waals surface area contributed by atoms with Crippen LogP contribution >= 0.6 is 15.9 Å². The molecule has 1 aromatic rings. The molecule has 0 bridgehead atoms. The van der Waals surface area contributed by atoms with Crippen molar-refractivity contribution in [2.75, 3.05) is 24.6 Å². The molecule has 3 nitrogen and oxygen atoms in total. The van der Waals surface area contributed by atoms with E-state index < -0.39 is 12.7 Å². The normalized spacial score (nSPS) is 11.6. The van der Waals surface area contributed by atoms with Crippen LogP contribution in [-0.4, -0.2) is 36.0 Å². The molecule has 0 amide bonds. The highest BCUT2D eigenvalue weighted by molar-refractivity contribution is 9.10. The number of alkyl halides is 3. The smallest absolute Gasteiger partial charge is 0.395 e. The monoisotopic (exact) mass is 312 g/mol. The lowest BCUT2D eigenvalue weighted by Gasteiger charge is -2.25. The highest BCUT2D eigenvalue weighted by Crippen LogP contribution is 2.24. The molecule has 0 aromatic carbocycles. The Balaban J connectivity index is 2.97. The number of hydrogen-bond donors (Lipinski definition) is 1. The second-order valence-corrected chi connectivity index (χ2v) is 4.47. The molecule has 0 saturated heterocycles. The molecule has 0 atom stereocenters. The number of nitrogens with zero attached hydrogens (tertiary/aromatic N) is 2. The number of rotatable bonds is 4. The van der Waals surface area contributed by atoms with E-state index in [4.69, 9.17) is 5.11 Å². The van der Waals surface area contributed by atoms with Crippen LogP contribution in [0.15, 0.2) is 16.7 Å². The molecule has 7 heteroatoms. The van der Waals surface area contributed by atoms with Crippen molar-refractivity contribution in [3.05, 3.63) is 22.3 Å². The van der Waals surface area contributed by atoms with E-state index in [1.807, 2.05) is 0 Å². The van der Waals surface area contributed by atoms with Crippen LogP contribution in [-0.2, 0) is 0 Å². The van der Waals surface area contributed by atoms with E-state index in [9.17, 15) is 13.2 Å². The first-order valence-corrected chi connectivity index (χ1v) is 5.67. The summed E-state index contributed by atoms with van der Waals surface area (Å²) in [4.78, 5) is 4.96. The number of pyridine rings is 1. The topological polar surface area (TPSA) is 36.4 Å². The maximum absolute atomic E-state index is 12.4. The summed E-state index contributed by atoms with van der Waals surface area (Å²) in [6.45, 7) is 0.0963. The average Bonchev–Trinajstić information content (AvgIpc) is 2.14. The Morgan fingerprint density at radius 3 is 2.59 bits per heavy atom. The van der Waals surface area contributed by atoms with Gasteiger partial charge in [0.05, 0.1) is 6.61 Å². The van der Waals surface area contributed by atoms with Crippen molar-refractivity contribution in [2.24, 2.45) is 0 Å². The molecule has 0 radical (unpaired) electrons. The van der Waals surface area contributed by atoms with E-state index in [1.165, 1.54) is 6.20 Å². The van der Waals surface area contributed by atoms with Gasteiger partial charge in [-0.05, 0) is 34.5 Å². The summed E-state index contributed by atoms with van der Waals surface area (Å²) < 4.78 is 37.8. The van der Waals surface area contributed by atoms with Gasteiger partial charge in [-0.1, -0.05) is 0 Å². The fourth-order valence-corrected chi connectivity index (χ4v) is 1.91. The lowest BCUT2D eigenvalue weighted by Crippen LogP contribution is -2.37. The van der Waals surface area contributed by atoms with E-state index in [0.29, 0.717) is 10.0 Å². The highest BCUT2D eigenvalue weighted by Gasteiger charge is 2.31. The Bertz CT molecular complexity index is 384. The molecule has 0 aliphatic carbocycles. The quantitative estimate of drug-likeness (QED) is 0.928. The summed E-state index contributed by atoms with van der Waals surface area (Å²) in [6.07, 6.45) is -2.89. The van der Waals surface area contributed by atoms with Gasteiger partial charge < -0.3 is 10.0 Å². The molecular weight excluding hydrogens is 301 g/mol. The SMILES string of the molecule is Cc1cc(Br)cnc1N(CCO)CC(F)(F)F. The number of hydrogen-bond acceptors (Lipinski definition) is 3. The van der Waals surface area contributed by atoms with Gasteiger partial charge in [-0.2, -0.15) is 13.2 Å². The van der Waals surface area contributed by atoms with Gasteiger partial charge in [0.1, 0.15) is 12.4 Å². The standard InChI is InChI=1S/C10H12BrF3N2O/c1-7-4-8(11)5-15-9(7)16(2-3-17)6-10(12,13)14/h4-5,17H,2-3,6H2,1H3. The minimum absolute atomic E-state index is 0.102. The minimum Gasteiger partial charge on any atom is -0.395 e. The van der Waals surface area contributed by atoms with Crippen LogP contribution < -0.4 is 4.90 Å². The first-order valence-electron chi connectivity index (χ1n) is 4.88. The molecule has 0 fully saturated rings. The van der Waals surface area contributed by atoms with Gasteiger partial charge in [0, 0.05) is 17.2 Å². The van der Waals surface area contributed by atoms with Crippen LogP contribution in [0.4, 0.5) is 19.0 Å². The van der Waals surface area contributed by atoms with Gasteiger partial charge in [0.2, 0.25) is 0 Å². The molecule has 1 rings (SSSR count). The number of anilines is 1. The van der Waals surface area contributed by atoms with Gasteiger partial charge in [-0.3, -0.25) is 0 Å². The summed E-state index contributed by atoms with van der Waals surface area (Å²) in [5.41, 5.74) is 0.622. The molecule has 0 spiro atoms. The number of aromatic nitrogens is 1. The average molecular weight is 313 g/mol. The van der Waals surface area contributed by atoms with Gasteiger partial charge in [-0.25, -0.2) is 4.98 Å². The molecular formula is C10H12BrF3N2O. The van der Waals surface area contributed by atoms with Crippen LogP contribution in [0.1, 0.15) is 5.56 Å². The van der Waals surface area contributed by atoms with E-state index in [1.54, 1.807) is 13.0 Å². The van der Waals surface area contributed by atoms with Crippen molar-refractivity contribution < 1.29 is 18.3 Å². The second-order valence-electron chi connectivity index (χ2n) is 3.55. The third-order valence-electron chi connectivity index (χ3n) is 2.06. The van der Waals surface area contributed by atoms with Crippen molar-refractivity contribution in [3.8, 4) is 0 Å². The summed E-state index contributed by atoms with van der Waals surface area (Å²) in [5, 5.41) is 8.79. The maximum atomic E-state index is 12.4. The number of aryl methyl sites for hydroxylation is 1. The Labute approximate surface area is 105 Å². The molecule has 0 aliphatic heterocycles. The Kier molecular flexibility index (Phi) is 4.76. The number of halogens is 4. The van der Waals surface area contributed by atoms with Crippen molar-refractivity contribution in [3.63, 3.8) is 0 Å². The predicted molar refractivity (Wildman–Crippen MR) is 62.0 cm³/mol. The zero-order chi connectivity index (χ0) is 13.1. The third kappa shape index (κ3) is 4.51. The van der Waals surface area contributed by atoms with E-state index in [-0.39, 0.29) is 19.0 Å². The van der Waals surface area contributed by atoms with Gasteiger partial charge in [-0.15, -0.1) is 0 Å². The zero-order valence-electron chi connectivity index (χ0n) is 9.13. The minimum atomic E-state index is -4.32. The second kappa shape index (κ2) is 5.68. The Morgan fingerprint density at radius 1 is 1.47 bits per heavy atom. The van der Waals surface area contributed by atoms with Crippen LogP contribution in [0.2, 0.25) is 0 Å². The van der Waals surface area contributed by atoms with Gasteiger partial charge >= 0.3 is 6.18 Å². The molecule has 96 valence electrons. The number of aliphatic hydroxyl groups is 1. The molecule has 17 heavy (non-hydrogen) atoms. The van der Waals surface area contributed by atoms with E-state index in [2.05, 4.69) is 20.9 Å². The molecule has 1 heterocycles. The van der Waals surface area contributed by atoms with Gasteiger partial charge in [0.25, 0.3) is 0 Å². The Morgan fingerprint density at radius 2 is 2.12 bits per heavy atom. The van der Waals surface area contributed by atoms with Gasteiger partial charge in [0.15, 0.2) is 0 Å². The molecule has 1 N–H and O–H groups in total. The van der Waals surface area contributed by atoms with Crippen molar-refractivity contribution >= 4 is 21.7 Å². The van der Waals surface area contributed by atoms with E-state index >= 15 is 0 Å². The van der Waals surface area contributed by atoms with Crippen LogP contribution in [0.3, 0.4) is 0 Å². The lowest BCUT2D eigenvalue weighted by atomic mass is 10.2. The molecule has 0 unspecified atom stereocenters. The fourth-order valence-electron chi connectivity index (χ4n) is 1.46. The van der Waals surface area contributed by atoms with Crippen molar-refractivity contribution in [2.45, 2.75) is 13.1 Å². The summed E-state index contributed by atoms with van der Waals surface area (Å²) in [6, 6.07) is 1.68. The molecule has 1 aromatic heterocycles. The van der Waals surface area contributed by atoms with Crippen molar-refractivity contribution in [1.29, 1.82) is 0 Å². The van der Waals surface area contributed by atoms with Crippen LogP contribution in [0.25, 0.3) is 0 Å². The van der Waals surface area contributed by atoms with Crippen LogP contribution in [0, 0.1) is 6.92 Å². The van der Waals surface area contributed by atoms with Crippen LogP contribution in [0.5, 0.6) is 0 Å². The maximum Gasteiger partial charge on any atom is 0.405 e. The fraction of sp³-hybridized carbons (Fsp3) is 0.500. The third-order valence-corrected chi connectivity index (χ3v) is 2.49. The molecule has 0 aliphatic rings. The first kappa shape index (κ1) is 14.2. The summed E-state index contributed by atoms with van der Waals surface area (Å²) >= 11 is 3.19. The summed E-state index contributed by atoms with van der Waals surface area (Å²) in [5.74, 6) is 0.236. The molecule has 0 saturated carbocycles. The summed E-state index contributed by atoms with van der Waals surface area (Å²) in [7, 11) is 0. The van der Waals surface area contributed by atoms with E-state index in [0.717, 1.165) is 4.90 Å². The predicted octanol–water partition coefficient (Wildman–Crippen LogP) is 2.51. The largest absolute Gasteiger partial charge is 0.405 e. The van der Waals surface area contributed by atoms with Crippen molar-refractivity contribution in [1.82, 2.24) is 4.98 Å². The number of aliphatic hydroxyl groups excluding tert-OH is 1. The highest BCUT2D eigenvalue weighted by atomic mass is 79.9. The first-order chi connectivity index (χ1) is 7.83. The zero-order valence-corrected chi connectivity index (χ0v) is 10.7. The Hall–Kier alpha value is -0.820. The lowest BCUT2D eigenvalue weighted by molar-refractivity contribution is -0.120.